The Hall–Kier alpha value is -0.910. The summed E-state index contributed by atoms with van der Waals surface area (Å²) in [7, 11) is 6.05. The minimum atomic E-state index is 0. The summed E-state index contributed by atoms with van der Waals surface area (Å²) in [6.07, 6.45) is 6.21. The molecule has 0 saturated carbocycles. The molecule has 0 amide bonds. The summed E-state index contributed by atoms with van der Waals surface area (Å²) in [5.41, 5.74) is 1.16. The van der Waals surface area contributed by atoms with Crippen molar-refractivity contribution in [1.29, 1.82) is 0 Å². The third-order valence-electron chi connectivity index (χ3n) is 4.05. The van der Waals surface area contributed by atoms with E-state index in [1.54, 1.807) is 0 Å². The third kappa shape index (κ3) is 11.8. The second-order valence-corrected chi connectivity index (χ2v) is 6.65. The molecule has 0 radical (unpaired) electrons. The zero-order valence-electron chi connectivity index (χ0n) is 18.1. The van der Waals surface area contributed by atoms with Gasteiger partial charge in [0, 0.05) is 38.5 Å². The molecular formula is C19H39IN6O2. The van der Waals surface area contributed by atoms with Gasteiger partial charge in [-0.2, -0.15) is 5.10 Å². The highest BCUT2D eigenvalue weighted by Gasteiger charge is 2.15. The molecule has 1 atom stereocenters. The minimum Gasteiger partial charge on any atom is -0.379 e. The first-order valence-electron chi connectivity index (χ1n) is 9.91. The van der Waals surface area contributed by atoms with Gasteiger partial charge in [0.2, 0.25) is 0 Å². The molecule has 0 spiro atoms. The van der Waals surface area contributed by atoms with Crippen LogP contribution in [0.2, 0.25) is 0 Å². The van der Waals surface area contributed by atoms with E-state index in [1.165, 1.54) is 0 Å². The fourth-order valence-corrected chi connectivity index (χ4v) is 2.51. The van der Waals surface area contributed by atoms with Gasteiger partial charge in [0.15, 0.2) is 5.96 Å². The van der Waals surface area contributed by atoms with Crippen molar-refractivity contribution in [2.75, 3.05) is 60.2 Å². The van der Waals surface area contributed by atoms with Crippen LogP contribution in [0.4, 0.5) is 0 Å². The summed E-state index contributed by atoms with van der Waals surface area (Å²) in [4.78, 5) is 6.88. The van der Waals surface area contributed by atoms with Crippen LogP contribution in [0, 0.1) is 0 Å². The number of aryl methyl sites for hydroxylation is 1. The van der Waals surface area contributed by atoms with Crippen molar-refractivity contribution < 1.29 is 9.47 Å². The molecule has 28 heavy (non-hydrogen) atoms. The molecule has 2 N–H and O–H groups in total. The third-order valence-corrected chi connectivity index (χ3v) is 4.05. The first-order chi connectivity index (χ1) is 13.1. The van der Waals surface area contributed by atoms with Crippen molar-refractivity contribution in [3.8, 4) is 0 Å². The van der Waals surface area contributed by atoms with Crippen molar-refractivity contribution in [3.63, 3.8) is 0 Å². The Labute approximate surface area is 187 Å². The summed E-state index contributed by atoms with van der Waals surface area (Å²) < 4.78 is 12.9. The van der Waals surface area contributed by atoms with Crippen LogP contribution >= 0.6 is 24.0 Å². The second-order valence-electron chi connectivity index (χ2n) is 6.65. The monoisotopic (exact) mass is 510 g/mol. The Morgan fingerprint density at radius 2 is 1.89 bits per heavy atom. The van der Waals surface area contributed by atoms with E-state index in [-0.39, 0.29) is 30.0 Å². The number of hydrogen-bond acceptors (Lipinski definition) is 5. The number of nitrogens with zero attached hydrogens (tertiary/aromatic N) is 4. The summed E-state index contributed by atoms with van der Waals surface area (Å²) in [5, 5.41) is 10.9. The molecule has 1 heterocycles. The number of unbranched alkanes of at least 4 members (excludes halogenated alkanes) is 1. The Balaban J connectivity index is 0.00000729. The fourth-order valence-electron chi connectivity index (χ4n) is 2.51. The van der Waals surface area contributed by atoms with Gasteiger partial charge in [0.05, 0.1) is 38.6 Å². The van der Waals surface area contributed by atoms with Crippen molar-refractivity contribution in [3.05, 3.63) is 18.0 Å². The largest absolute Gasteiger partial charge is 0.379 e. The molecule has 164 valence electrons. The number of likely N-dealkylation sites (N-methyl/N-ethyl adjacent to an activating group) is 1. The van der Waals surface area contributed by atoms with Gasteiger partial charge >= 0.3 is 0 Å². The molecule has 0 aliphatic carbocycles. The lowest BCUT2D eigenvalue weighted by Gasteiger charge is -2.22. The molecule has 1 unspecified atom stereocenters. The van der Waals surface area contributed by atoms with Crippen molar-refractivity contribution in [1.82, 2.24) is 25.3 Å². The number of rotatable bonds is 14. The molecule has 0 saturated heterocycles. The maximum atomic E-state index is 5.59. The van der Waals surface area contributed by atoms with Crippen molar-refractivity contribution >= 4 is 29.9 Å². The fraction of sp³-hybridized carbons (Fsp3) is 0.789. The summed E-state index contributed by atoms with van der Waals surface area (Å²) in [6.45, 7) is 9.13. The van der Waals surface area contributed by atoms with Crippen LogP contribution in [-0.2, 0) is 16.5 Å². The summed E-state index contributed by atoms with van der Waals surface area (Å²) in [5.74, 6) is 0.802. The summed E-state index contributed by atoms with van der Waals surface area (Å²) >= 11 is 0. The molecule has 0 aliphatic rings. The van der Waals surface area contributed by atoms with E-state index in [0.29, 0.717) is 32.9 Å². The van der Waals surface area contributed by atoms with Gasteiger partial charge in [-0.3, -0.25) is 9.67 Å². The van der Waals surface area contributed by atoms with Gasteiger partial charge in [0.1, 0.15) is 0 Å². The summed E-state index contributed by atoms with van der Waals surface area (Å²) in [6, 6.07) is 0.186. The predicted molar refractivity (Wildman–Crippen MR) is 126 cm³/mol. The van der Waals surface area contributed by atoms with Gasteiger partial charge in [0.25, 0.3) is 0 Å². The SMILES string of the molecule is CCCCOCCOCCNC(=NCC(c1cnn(C)c1)N(C)C)NCC.I. The van der Waals surface area contributed by atoms with Crippen LogP contribution < -0.4 is 10.6 Å². The van der Waals surface area contributed by atoms with E-state index in [9.17, 15) is 0 Å². The lowest BCUT2D eigenvalue weighted by Crippen LogP contribution is -2.39. The molecule has 8 nitrogen and oxygen atoms in total. The molecule has 0 fully saturated rings. The lowest BCUT2D eigenvalue weighted by atomic mass is 10.1. The molecule has 1 aromatic rings. The Morgan fingerprint density at radius 1 is 1.18 bits per heavy atom. The number of hydrogen-bond donors (Lipinski definition) is 2. The van der Waals surface area contributed by atoms with Gasteiger partial charge < -0.3 is 25.0 Å². The second kappa shape index (κ2) is 17.0. The molecule has 9 heteroatoms. The van der Waals surface area contributed by atoms with Crippen LogP contribution in [0.25, 0.3) is 0 Å². The lowest BCUT2D eigenvalue weighted by molar-refractivity contribution is 0.0487. The smallest absolute Gasteiger partial charge is 0.191 e. The first-order valence-corrected chi connectivity index (χ1v) is 9.91. The van der Waals surface area contributed by atoms with E-state index in [2.05, 4.69) is 48.6 Å². The molecule has 1 aromatic heterocycles. The first kappa shape index (κ1) is 27.1. The topological polar surface area (TPSA) is 75.9 Å². The standard InChI is InChI=1S/C19H38N6O2.HI/c1-6-8-10-26-12-13-27-11-9-21-19(20-7-2)22-15-18(24(3)4)17-14-23-25(5)16-17;/h14,16,18H,6-13,15H2,1-5H3,(H2,20,21,22);1H. The van der Waals surface area contributed by atoms with Gasteiger partial charge in [-0.1, -0.05) is 13.3 Å². The number of ether oxygens (including phenoxy) is 2. The maximum Gasteiger partial charge on any atom is 0.191 e. The van der Waals surface area contributed by atoms with Crippen LogP contribution in [0.15, 0.2) is 17.4 Å². The molecule has 0 aromatic carbocycles. The van der Waals surface area contributed by atoms with Crippen LogP contribution in [0.5, 0.6) is 0 Å². The van der Waals surface area contributed by atoms with Crippen LogP contribution in [-0.4, -0.2) is 80.8 Å². The number of nitrogens with one attached hydrogen (secondary N) is 2. The number of guanidine groups is 1. The Bertz CT molecular complexity index is 524. The van der Waals surface area contributed by atoms with Crippen LogP contribution in [0.1, 0.15) is 38.3 Å². The average Bonchev–Trinajstić information content (AvgIpc) is 3.06. The molecule has 1 rings (SSSR count). The zero-order valence-corrected chi connectivity index (χ0v) is 20.4. The highest BCUT2D eigenvalue weighted by molar-refractivity contribution is 14.0. The van der Waals surface area contributed by atoms with E-state index < -0.39 is 0 Å². The number of halogens is 1. The quantitative estimate of drug-likeness (QED) is 0.173. The molecule has 0 aliphatic heterocycles. The van der Waals surface area contributed by atoms with E-state index in [0.717, 1.165) is 37.5 Å². The van der Waals surface area contributed by atoms with E-state index >= 15 is 0 Å². The van der Waals surface area contributed by atoms with E-state index in [4.69, 9.17) is 14.5 Å². The minimum absolute atomic E-state index is 0. The van der Waals surface area contributed by atoms with Gasteiger partial charge in [-0.25, -0.2) is 0 Å². The highest BCUT2D eigenvalue weighted by Crippen LogP contribution is 2.17. The normalized spacial score (nSPS) is 12.7. The molecule has 0 bridgehead atoms. The molecular weight excluding hydrogens is 471 g/mol. The predicted octanol–water partition coefficient (Wildman–Crippen LogP) is 2.03. The Morgan fingerprint density at radius 3 is 2.46 bits per heavy atom. The van der Waals surface area contributed by atoms with E-state index in [1.807, 2.05) is 24.1 Å². The van der Waals surface area contributed by atoms with Gasteiger partial charge in [-0.15, -0.1) is 24.0 Å². The zero-order chi connectivity index (χ0) is 19.9. The van der Waals surface area contributed by atoms with Crippen molar-refractivity contribution in [2.24, 2.45) is 12.0 Å². The van der Waals surface area contributed by atoms with Gasteiger partial charge in [-0.05, 0) is 27.4 Å². The van der Waals surface area contributed by atoms with Crippen molar-refractivity contribution in [2.45, 2.75) is 32.7 Å². The number of aliphatic imine (C=N–C) groups is 1. The Kier molecular flexibility index (Phi) is 16.4. The average molecular weight is 510 g/mol. The van der Waals surface area contributed by atoms with Crippen LogP contribution in [0.3, 0.4) is 0 Å². The maximum absolute atomic E-state index is 5.59. The highest BCUT2D eigenvalue weighted by atomic mass is 127. The number of aromatic nitrogens is 2.